The van der Waals surface area contributed by atoms with E-state index in [1.807, 2.05) is 25.1 Å². The third-order valence-electron chi connectivity index (χ3n) is 2.62. The molecule has 0 heterocycles. The fourth-order valence-corrected chi connectivity index (χ4v) is 3.06. The highest BCUT2D eigenvalue weighted by Crippen LogP contribution is 2.32. The maximum Gasteiger partial charge on any atom is 0.0548 e. The second-order valence-corrected chi connectivity index (χ2v) is 5.65. The van der Waals surface area contributed by atoms with Crippen molar-refractivity contribution in [2.75, 3.05) is 0 Å². The van der Waals surface area contributed by atoms with E-state index in [9.17, 15) is 9.90 Å². The minimum absolute atomic E-state index is 0.405. The van der Waals surface area contributed by atoms with Crippen molar-refractivity contribution in [2.45, 2.75) is 49.7 Å². The molecule has 1 rings (SSSR count). The van der Waals surface area contributed by atoms with Gasteiger partial charge in [0.25, 0.3) is 0 Å². The molecule has 0 spiro atoms. The summed E-state index contributed by atoms with van der Waals surface area (Å²) in [4.78, 5) is 12.1. The first-order valence-corrected chi connectivity index (χ1v) is 6.90. The number of hydrogen-bond acceptors (Lipinski definition) is 3. The van der Waals surface area contributed by atoms with E-state index in [0.29, 0.717) is 12.3 Å². The lowest BCUT2D eigenvalue weighted by Gasteiger charge is -2.19. The molecule has 0 amide bonds. The van der Waals surface area contributed by atoms with Crippen LogP contribution in [0.4, 0.5) is 0 Å². The van der Waals surface area contributed by atoms with Crippen LogP contribution in [0.2, 0.25) is 0 Å². The van der Waals surface area contributed by atoms with Gasteiger partial charge in [0.2, 0.25) is 0 Å². The SMILES string of the molecule is CCCC(Sc1ccccc1C(C)C)C(=O)[O-]. The summed E-state index contributed by atoms with van der Waals surface area (Å²) in [5, 5.41) is 10.6. The van der Waals surface area contributed by atoms with Crippen LogP contribution in [0, 0.1) is 0 Å². The van der Waals surface area contributed by atoms with E-state index in [2.05, 4.69) is 19.9 Å². The molecule has 0 aliphatic rings. The van der Waals surface area contributed by atoms with Crippen molar-refractivity contribution < 1.29 is 9.90 Å². The predicted molar refractivity (Wildman–Crippen MR) is 70.1 cm³/mol. The zero-order valence-electron chi connectivity index (χ0n) is 10.6. The molecular weight excluding hydrogens is 232 g/mol. The van der Waals surface area contributed by atoms with Crippen LogP contribution in [-0.2, 0) is 4.79 Å². The van der Waals surface area contributed by atoms with E-state index in [-0.39, 0.29) is 0 Å². The Bertz CT molecular complexity index is 374. The maximum absolute atomic E-state index is 11.0. The van der Waals surface area contributed by atoms with Gasteiger partial charge in [-0.1, -0.05) is 45.4 Å². The highest BCUT2D eigenvalue weighted by molar-refractivity contribution is 8.00. The average molecular weight is 251 g/mol. The highest BCUT2D eigenvalue weighted by atomic mass is 32.2. The van der Waals surface area contributed by atoms with E-state index >= 15 is 0 Å². The molecule has 0 saturated heterocycles. The lowest BCUT2D eigenvalue weighted by Crippen LogP contribution is -2.33. The van der Waals surface area contributed by atoms with Crippen molar-refractivity contribution >= 4 is 17.7 Å². The van der Waals surface area contributed by atoms with Crippen molar-refractivity contribution in [1.29, 1.82) is 0 Å². The van der Waals surface area contributed by atoms with Gasteiger partial charge in [-0.2, -0.15) is 0 Å². The smallest absolute Gasteiger partial charge is 0.0548 e. The molecule has 94 valence electrons. The van der Waals surface area contributed by atoms with E-state index in [4.69, 9.17) is 0 Å². The van der Waals surface area contributed by atoms with Gasteiger partial charge in [0.1, 0.15) is 0 Å². The van der Waals surface area contributed by atoms with Gasteiger partial charge in [-0.3, -0.25) is 0 Å². The van der Waals surface area contributed by atoms with Gasteiger partial charge >= 0.3 is 0 Å². The average Bonchev–Trinajstić information content (AvgIpc) is 2.28. The van der Waals surface area contributed by atoms with Gasteiger partial charge in [0, 0.05) is 10.1 Å². The van der Waals surface area contributed by atoms with Crippen molar-refractivity contribution in [1.82, 2.24) is 0 Å². The van der Waals surface area contributed by atoms with Crippen LogP contribution < -0.4 is 5.11 Å². The molecule has 0 aliphatic heterocycles. The minimum Gasteiger partial charge on any atom is -0.549 e. The number of carbonyl (C=O) groups is 1. The summed E-state index contributed by atoms with van der Waals surface area (Å²) >= 11 is 1.41. The second kappa shape index (κ2) is 6.70. The fraction of sp³-hybridized carbons (Fsp3) is 0.500. The number of aliphatic carboxylic acids is 1. The molecule has 3 heteroatoms. The molecule has 0 N–H and O–H groups in total. The summed E-state index contributed by atoms with van der Waals surface area (Å²) in [6.07, 6.45) is 1.51. The van der Waals surface area contributed by atoms with E-state index in [0.717, 1.165) is 11.3 Å². The quantitative estimate of drug-likeness (QED) is 0.730. The Morgan fingerprint density at radius 3 is 2.53 bits per heavy atom. The molecule has 0 aliphatic carbocycles. The van der Waals surface area contributed by atoms with Crippen LogP contribution in [0.1, 0.15) is 45.1 Å². The van der Waals surface area contributed by atoms with Crippen LogP contribution in [0.25, 0.3) is 0 Å². The molecule has 1 aromatic rings. The van der Waals surface area contributed by atoms with Crippen molar-refractivity contribution in [2.24, 2.45) is 0 Å². The summed E-state index contributed by atoms with van der Waals surface area (Å²) in [6, 6.07) is 8.00. The lowest BCUT2D eigenvalue weighted by atomic mass is 10.0. The first kappa shape index (κ1) is 14.1. The number of benzene rings is 1. The molecule has 0 aromatic heterocycles. The van der Waals surface area contributed by atoms with Gasteiger partial charge in [-0.15, -0.1) is 11.8 Å². The maximum atomic E-state index is 11.0. The van der Waals surface area contributed by atoms with Crippen LogP contribution in [-0.4, -0.2) is 11.2 Å². The van der Waals surface area contributed by atoms with E-state index < -0.39 is 11.2 Å². The van der Waals surface area contributed by atoms with Crippen LogP contribution in [0.15, 0.2) is 29.2 Å². The Morgan fingerprint density at radius 1 is 1.35 bits per heavy atom. The Balaban J connectivity index is 2.88. The van der Waals surface area contributed by atoms with E-state index in [1.54, 1.807) is 0 Å². The number of thioether (sulfide) groups is 1. The number of carbonyl (C=O) groups excluding carboxylic acids is 1. The third-order valence-corrected chi connectivity index (χ3v) is 3.96. The second-order valence-electron chi connectivity index (χ2n) is 4.41. The molecule has 1 unspecified atom stereocenters. The largest absolute Gasteiger partial charge is 0.549 e. The van der Waals surface area contributed by atoms with Crippen molar-refractivity contribution in [3.05, 3.63) is 29.8 Å². The summed E-state index contributed by atoms with van der Waals surface area (Å²) in [5.41, 5.74) is 1.21. The molecule has 1 aromatic carbocycles. The lowest BCUT2D eigenvalue weighted by molar-refractivity contribution is -0.304. The molecule has 0 saturated carbocycles. The summed E-state index contributed by atoms with van der Waals surface area (Å²) < 4.78 is 0. The zero-order chi connectivity index (χ0) is 12.8. The zero-order valence-corrected chi connectivity index (χ0v) is 11.4. The Hall–Kier alpha value is -0.960. The molecule has 0 bridgehead atoms. The Morgan fingerprint density at radius 2 is 2.00 bits per heavy atom. The van der Waals surface area contributed by atoms with E-state index in [1.165, 1.54) is 17.3 Å². The molecular formula is C14H19O2S-. The van der Waals surface area contributed by atoms with Crippen molar-refractivity contribution in [3.63, 3.8) is 0 Å². The fourth-order valence-electron chi connectivity index (χ4n) is 1.71. The topological polar surface area (TPSA) is 40.1 Å². The Kier molecular flexibility index (Phi) is 5.56. The number of hydrogen-bond donors (Lipinski definition) is 0. The van der Waals surface area contributed by atoms with Crippen LogP contribution in [0.5, 0.6) is 0 Å². The first-order valence-electron chi connectivity index (χ1n) is 6.02. The van der Waals surface area contributed by atoms with Gasteiger partial charge in [-0.25, -0.2) is 0 Å². The predicted octanol–water partition coefficient (Wildman–Crippen LogP) is 2.82. The first-order chi connectivity index (χ1) is 8.06. The van der Waals surface area contributed by atoms with Gasteiger partial charge < -0.3 is 9.90 Å². The summed E-state index contributed by atoms with van der Waals surface area (Å²) in [7, 11) is 0. The summed E-state index contributed by atoms with van der Waals surface area (Å²) in [6.45, 7) is 6.23. The monoisotopic (exact) mass is 251 g/mol. The molecule has 0 radical (unpaired) electrons. The summed E-state index contributed by atoms with van der Waals surface area (Å²) in [5.74, 6) is -0.557. The third kappa shape index (κ3) is 4.08. The minimum atomic E-state index is -0.963. The van der Waals surface area contributed by atoms with Crippen LogP contribution >= 0.6 is 11.8 Å². The van der Waals surface area contributed by atoms with Crippen molar-refractivity contribution in [3.8, 4) is 0 Å². The van der Waals surface area contributed by atoms with Gasteiger partial charge in [0.15, 0.2) is 0 Å². The highest BCUT2D eigenvalue weighted by Gasteiger charge is 2.14. The molecule has 17 heavy (non-hydrogen) atoms. The van der Waals surface area contributed by atoms with Gasteiger partial charge in [-0.05, 0) is 24.0 Å². The number of rotatable bonds is 6. The standard InChI is InChI=1S/C14H20O2S/c1-4-7-13(14(15)16)17-12-9-6-5-8-11(12)10(2)3/h5-6,8-10,13H,4,7H2,1-3H3,(H,15,16)/p-1. The van der Waals surface area contributed by atoms with Crippen LogP contribution in [0.3, 0.4) is 0 Å². The van der Waals surface area contributed by atoms with Gasteiger partial charge in [0.05, 0.1) is 5.97 Å². The number of carboxylic acids is 1. The normalized spacial score (nSPS) is 12.7. The Labute approximate surface area is 107 Å². The molecule has 2 nitrogen and oxygen atoms in total. The molecule has 0 fully saturated rings. The number of carboxylic acid groups (broad SMARTS) is 1. The molecule has 1 atom stereocenters.